The number of rotatable bonds is 3. The van der Waals surface area contributed by atoms with Gasteiger partial charge in [0, 0.05) is 26.2 Å². The number of aliphatic hydroxyl groups is 1. The zero-order chi connectivity index (χ0) is 10.8. The van der Waals surface area contributed by atoms with Crippen LogP contribution < -0.4 is 5.32 Å². The summed E-state index contributed by atoms with van der Waals surface area (Å²) >= 11 is 0. The molecule has 86 valence electrons. The van der Waals surface area contributed by atoms with Crippen molar-refractivity contribution >= 4 is 5.91 Å². The average Bonchev–Trinajstić information content (AvgIpc) is 2.80. The summed E-state index contributed by atoms with van der Waals surface area (Å²) in [5.41, 5.74) is 0. The molecular formula is C11H20N2O2. The van der Waals surface area contributed by atoms with Crippen molar-refractivity contribution in [3.63, 3.8) is 0 Å². The number of nitrogens with one attached hydrogen (secondary N) is 1. The van der Waals surface area contributed by atoms with Gasteiger partial charge in [-0.2, -0.15) is 0 Å². The summed E-state index contributed by atoms with van der Waals surface area (Å²) in [6.45, 7) is 1.10. The van der Waals surface area contributed by atoms with Crippen LogP contribution in [0.5, 0.6) is 0 Å². The molecule has 1 aliphatic carbocycles. The first-order chi connectivity index (χ1) is 7.22. The fourth-order valence-corrected chi connectivity index (χ4v) is 2.71. The molecule has 3 atom stereocenters. The summed E-state index contributed by atoms with van der Waals surface area (Å²) in [6.07, 6.45) is 4.26. The summed E-state index contributed by atoms with van der Waals surface area (Å²) in [5, 5.41) is 12.6. The van der Waals surface area contributed by atoms with Gasteiger partial charge in [0.25, 0.3) is 0 Å². The third-order valence-electron chi connectivity index (χ3n) is 3.74. The highest BCUT2D eigenvalue weighted by molar-refractivity contribution is 5.83. The second-order valence-corrected chi connectivity index (χ2v) is 4.75. The number of hydrogen-bond acceptors (Lipinski definition) is 3. The first kappa shape index (κ1) is 10.9. The summed E-state index contributed by atoms with van der Waals surface area (Å²) < 4.78 is 0. The van der Waals surface area contributed by atoms with Crippen LogP contribution in [0.25, 0.3) is 0 Å². The summed E-state index contributed by atoms with van der Waals surface area (Å²) in [7, 11) is 1.85. The highest BCUT2D eigenvalue weighted by Crippen LogP contribution is 2.26. The maximum atomic E-state index is 11.7. The minimum absolute atomic E-state index is 0.00727. The SMILES string of the molecule is CN1CCC(NC2CCCC2CO)C1=O. The Hall–Kier alpha value is -0.610. The second-order valence-electron chi connectivity index (χ2n) is 4.75. The Morgan fingerprint density at radius 1 is 1.47 bits per heavy atom. The lowest BCUT2D eigenvalue weighted by Crippen LogP contribution is -2.45. The van der Waals surface area contributed by atoms with E-state index in [2.05, 4.69) is 5.32 Å². The highest BCUT2D eigenvalue weighted by atomic mass is 16.3. The molecule has 1 aliphatic heterocycles. The Labute approximate surface area is 90.6 Å². The molecule has 4 heteroatoms. The van der Waals surface area contributed by atoms with Crippen LogP contribution in [0.1, 0.15) is 25.7 Å². The van der Waals surface area contributed by atoms with Crippen molar-refractivity contribution in [2.24, 2.45) is 5.92 Å². The van der Waals surface area contributed by atoms with Gasteiger partial charge in [0.1, 0.15) is 0 Å². The van der Waals surface area contributed by atoms with Gasteiger partial charge in [-0.15, -0.1) is 0 Å². The van der Waals surface area contributed by atoms with E-state index in [9.17, 15) is 9.90 Å². The average molecular weight is 212 g/mol. The van der Waals surface area contributed by atoms with Gasteiger partial charge in [0.15, 0.2) is 0 Å². The number of nitrogens with zero attached hydrogens (tertiary/aromatic N) is 1. The number of likely N-dealkylation sites (tertiary alicyclic amines) is 1. The van der Waals surface area contributed by atoms with E-state index in [1.807, 2.05) is 7.05 Å². The predicted molar refractivity (Wildman–Crippen MR) is 57.4 cm³/mol. The molecule has 2 fully saturated rings. The van der Waals surface area contributed by atoms with Crippen LogP contribution in [0.15, 0.2) is 0 Å². The Kier molecular flexibility index (Phi) is 3.26. The first-order valence-electron chi connectivity index (χ1n) is 5.84. The number of amides is 1. The Balaban J connectivity index is 1.89. The number of aliphatic hydroxyl groups excluding tert-OH is 1. The van der Waals surface area contributed by atoms with Crippen molar-refractivity contribution in [2.75, 3.05) is 20.2 Å². The topological polar surface area (TPSA) is 52.6 Å². The number of likely N-dealkylation sites (N-methyl/N-ethyl adjacent to an activating group) is 1. The van der Waals surface area contributed by atoms with E-state index in [-0.39, 0.29) is 18.6 Å². The number of carbonyl (C=O) groups excluding carboxylic acids is 1. The molecule has 15 heavy (non-hydrogen) atoms. The van der Waals surface area contributed by atoms with E-state index in [0.29, 0.717) is 12.0 Å². The highest BCUT2D eigenvalue weighted by Gasteiger charge is 2.34. The molecule has 0 aromatic heterocycles. The van der Waals surface area contributed by atoms with E-state index in [1.54, 1.807) is 4.90 Å². The Morgan fingerprint density at radius 2 is 2.27 bits per heavy atom. The monoisotopic (exact) mass is 212 g/mol. The molecule has 2 N–H and O–H groups in total. The van der Waals surface area contributed by atoms with E-state index < -0.39 is 0 Å². The van der Waals surface area contributed by atoms with Gasteiger partial charge in [0.2, 0.25) is 5.91 Å². The number of hydrogen-bond donors (Lipinski definition) is 2. The van der Waals surface area contributed by atoms with Crippen LogP contribution in [-0.4, -0.2) is 48.2 Å². The van der Waals surface area contributed by atoms with Crippen LogP contribution >= 0.6 is 0 Å². The molecule has 0 aromatic carbocycles. The van der Waals surface area contributed by atoms with E-state index in [1.165, 1.54) is 6.42 Å². The fourth-order valence-electron chi connectivity index (χ4n) is 2.71. The molecule has 0 spiro atoms. The Bertz CT molecular complexity index is 245. The summed E-state index contributed by atoms with van der Waals surface area (Å²) in [4.78, 5) is 13.5. The van der Waals surface area contributed by atoms with Gasteiger partial charge in [-0.1, -0.05) is 6.42 Å². The van der Waals surface area contributed by atoms with Crippen LogP contribution in [0.4, 0.5) is 0 Å². The van der Waals surface area contributed by atoms with Crippen molar-refractivity contribution in [1.82, 2.24) is 10.2 Å². The minimum atomic E-state index is -0.00727. The molecule has 2 rings (SSSR count). The van der Waals surface area contributed by atoms with Crippen molar-refractivity contribution in [3.05, 3.63) is 0 Å². The maximum absolute atomic E-state index is 11.7. The van der Waals surface area contributed by atoms with Crippen molar-refractivity contribution in [2.45, 2.75) is 37.8 Å². The van der Waals surface area contributed by atoms with Gasteiger partial charge < -0.3 is 15.3 Å². The standard InChI is InChI=1S/C11H20N2O2/c1-13-6-5-10(11(13)15)12-9-4-2-3-8(9)7-14/h8-10,12,14H,2-7H2,1H3. The van der Waals surface area contributed by atoms with E-state index in [4.69, 9.17) is 0 Å². The van der Waals surface area contributed by atoms with E-state index in [0.717, 1.165) is 25.8 Å². The van der Waals surface area contributed by atoms with Crippen LogP contribution in [0.3, 0.4) is 0 Å². The molecule has 4 nitrogen and oxygen atoms in total. The molecule has 1 saturated carbocycles. The largest absolute Gasteiger partial charge is 0.396 e. The first-order valence-corrected chi connectivity index (χ1v) is 5.84. The van der Waals surface area contributed by atoms with Gasteiger partial charge in [-0.3, -0.25) is 4.79 Å². The van der Waals surface area contributed by atoms with Gasteiger partial charge in [-0.05, 0) is 25.2 Å². The fraction of sp³-hybridized carbons (Fsp3) is 0.909. The van der Waals surface area contributed by atoms with Crippen LogP contribution in [0, 0.1) is 5.92 Å². The van der Waals surface area contributed by atoms with Crippen molar-refractivity contribution in [1.29, 1.82) is 0 Å². The second kappa shape index (κ2) is 4.49. The predicted octanol–water partition coefficient (Wildman–Crippen LogP) is -0.0323. The zero-order valence-corrected chi connectivity index (χ0v) is 9.28. The third-order valence-corrected chi connectivity index (χ3v) is 3.74. The van der Waals surface area contributed by atoms with Gasteiger partial charge in [0.05, 0.1) is 6.04 Å². The lowest BCUT2D eigenvalue weighted by atomic mass is 10.0. The molecule has 0 bridgehead atoms. The maximum Gasteiger partial charge on any atom is 0.239 e. The molecule has 3 unspecified atom stereocenters. The minimum Gasteiger partial charge on any atom is -0.396 e. The molecule has 1 amide bonds. The molecule has 0 aromatic rings. The van der Waals surface area contributed by atoms with Gasteiger partial charge >= 0.3 is 0 Å². The molecular weight excluding hydrogens is 192 g/mol. The lowest BCUT2D eigenvalue weighted by molar-refractivity contribution is -0.128. The number of carbonyl (C=O) groups is 1. The zero-order valence-electron chi connectivity index (χ0n) is 9.28. The quantitative estimate of drug-likeness (QED) is 0.690. The Morgan fingerprint density at radius 3 is 2.87 bits per heavy atom. The van der Waals surface area contributed by atoms with Crippen molar-refractivity contribution < 1.29 is 9.90 Å². The smallest absolute Gasteiger partial charge is 0.239 e. The van der Waals surface area contributed by atoms with Crippen LogP contribution in [0.2, 0.25) is 0 Å². The third kappa shape index (κ3) is 2.16. The molecule has 1 saturated heterocycles. The molecule has 1 heterocycles. The summed E-state index contributed by atoms with van der Waals surface area (Å²) in [6, 6.07) is 0.336. The van der Waals surface area contributed by atoms with Crippen LogP contribution in [-0.2, 0) is 4.79 Å². The van der Waals surface area contributed by atoms with Gasteiger partial charge in [-0.25, -0.2) is 0 Å². The lowest BCUT2D eigenvalue weighted by Gasteiger charge is -2.22. The van der Waals surface area contributed by atoms with E-state index >= 15 is 0 Å². The van der Waals surface area contributed by atoms with Crippen molar-refractivity contribution in [3.8, 4) is 0 Å². The summed E-state index contributed by atoms with van der Waals surface area (Å²) in [5.74, 6) is 0.558. The normalized spacial score (nSPS) is 36.5. The molecule has 0 radical (unpaired) electrons. The molecule has 2 aliphatic rings.